The van der Waals surface area contributed by atoms with Gasteiger partial charge >= 0.3 is 20.1 Å². The molecule has 0 spiro atoms. The number of hydrogen-bond acceptors (Lipinski definition) is 6. The van der Waals surface area contributed by atoms with Crippen molar-refractivity contribution in [3.8, 4) is 0 Å². The molecule has 2 atom stereocenters. The monoisotopic (exact) mass is 417 g/mol. The first-order valence-electron chi connectivity index (χ1n) is 10.7. The third kappa shape index (κ3) is 7.75. The first-order valence-corrected chi connectivity index (χ1v) is 10.7. The second-order valence-electron chi connectivity index (χ2n) is 8.13. The molecule has 0 aromatic heterocycles. The highest BCUT2D eigenvalue weighted by Crippen LogP contribution is 2.19. The van der Waals surface area contributed by atoms with Gasteiger partial charge in [-0.3, -0.25) is 9.59 Å². The van der Waals surface area contributed by atoms with E-state index in [0.29, 0.717) is 13.1 Å². The van der Waals surface area contributed by atoms with Crippen LogP contribution in [0.5, 0.6) is 0 Å². The Bertz CT molecular complexity index is 678. The molecular weight excluding hydrogens is 384 g/mol. The van der Waals surface area contributed by atoms with Gasteiger partial charge in [-0.2, -0.15) is 0 Å². The Morgan fingerprint density at radius 2 is 1.43 bits per heavy atom. The van der Waals surface area contributed by atoms with Crippen molar-refractivity contribution in [2.45, 2.75) is 39.3 Å². The molecule has 1 aromatic carbocycles. The van der Waals surface area contributed by atoms with E-state index in [4.69, 9.17) is 5.11 Å². The zero-order valence-electron chi connectivity index (χ0n) is 17.9. The van der Waals surface area contributed by atoms with Crippen molar-refractivity contribution >= 4 is 31.7 Å². The van der Waals surface area contributed by atoms with Gasteiger partial charge in [0.25, 0.3) is 0 Å². The molecule has 2 saturated heterocycles. The Hall–Kier alpha value is -1.87. The summed E-state index contributed by atoms with van der Waals surface area (Å²) in [6.45, 7) is 6.21. The Labute approximate surface area is 179 Å². The number of carboxylic acid groups (broad SMARTS) is 1. The van der Waals surface area contributed by atoms with Crippen molar-refractivity contribution in [1.29, 1.82) is 0 Å². The third-order valence-electron chi connectivity index (χ3n) is 5.72. The molecule has 30 heavy (non-hydrogen) atoms. The molecule has 2 heterocycles. The molecule has 164 valence electrons. The summed E-state index contributed by atoms with van der Waals surface area (Å²) in [6.07, 6.45) is 3.44. The van der Waals surface area contributed by atoms with Crippen LogP contribution in [0, 0.1) is 11.8 Å². The van der Waals surface area contributed by atoms with E-state index < -0.39 is 20.1 Å². The number of carbonyl (C=O) groups excluding carboxylic acids is 1. The van der Waals surface area contributed by atoms with Gasteiger partial charge in [0.05, 0.1) is 11.8 Å². The predicted octanol–water partition coefficient (Wildman–Crippen LogP) is 1.34. The first kappa shape index (κ1) is 24.4. The molecule has 4 N–H and O–H groups in total. The number of carbonyl (C=O) groups is 2. The molecule has 0 bridgehead atoms. The highest BCUT2D eigenvalue weighted by molar-refractivity contribution is 6.45. The van der Waals surface area contributed by atoms with Gasteiger partial charge in [-0.1, -0.05) is 18.2 Å². The maximum Gasteiger partial charge on any atom is 0.376 e. The van der Waals surface area contributed by atoms with Crippen LogP contribution in [0.4, 0.5) is 5.69 Å². The van der Waals surface area contributed by atoms with Crippen LogP contribution in [-0.2, 0) is 9.59 Å². The number of para-hydroxylation sites is 1. The molecule has 3 rings (SSSR count). The molecule has 8 nitrogen and oxygen atoms in total. The van der Waals surface area contributed by atoms with Gasteiger partial charge in [0.15, 0.2) is 0 Å². The molecule has 2 fully saturated rings. The summed E-state index contributed by atoms with van der Waals surface area (Å²) < 4.78 is 0. The van der Waals surface area contributed by atoms with Gasteiger partial charge in [-0.15, -0.1) is 0 Å². The van der Waals surface area contributed by atoms with Crippen LogP contribution in [0.2, 0.25) is 13.6 Å². The molecule has 2 aliphatic rings. The zero-order chi connectivity index (χ0) is 22.1. The van der Waals surface area contributed by atoms with Crippen LogP contribution in [0.15, 0.2) is 30.3 Å². The van der Waals surface area contributed by atoms with Crippen molar-refractivity contribution in [2.75, 3.05) is 31.5 Å². The fraction of sp³-hybridized carbons (Fsp3) is 0.600. The lowest BCUT2D eigenvalue weighted by atomic mass is 9.80. The van der Waals surface area contributed by atoms with Gasteiger partial charge in [-0.25, -0.2) is 0 Å². The summed E-state index contributed by atoms with van der Waals surface area (Å²) in [4.78, 5) is 26.5. The fourth-order valence-electron chi connectivity index (χ4n) is 3.87. The summed E-state index contributed by atoms with van der Waals surface area (Å²) in [5, 5.41) is 30.4. The highest BCUT2D eigenvalue weighted by atomic mass is 16.4. The maximum absolute atomic E-state index is 12.1. The Morgan fingerprint density at radius 3 is 1.93 bits per heavy atom. The van der Waals surface area contributed by atoms with Crippen molar-refractivity contribution < 1.29 is 24.7 Å². The third-order valence-corrected chi connectivity index (χ3v) is 5.72. The van der Waals surface area contributed by atoms with Crippen molar-refractivity contribution in [2.24, 2.45) is 11.8 Å². The highest BCUT2D eigenvalue weighted by Gasteiger charge is 2.29. The first-order chi connectivity index (χ1) is 14.3. The van der Waals surface area contributed by atoms with Crippen LogP contribution in [0.25, 0.3) is 0 Å². The number of amides is 1. The Morgan fingerprint density at radius 1 is 0.933 bits per heavy atom. The molecule has 1 aromatic rings. The number of nitrogens with one attached hydrogen (secondary N) is 1. The lowest BCUT2D eigenvalue weighted by Crippen LogP contribution is -2.47. The second-order valence-corrected chi connectivity index (χ2v) is 8.13. The van der Waals surface area contributed by atoms with Crippen LogP contribution in [0.1, 0.15) is 25.7 Å². The van der Waals surface area contributed by atoms with Crippen LogP contribution >= 0.6 is 0 Å². The SMILES string of the molecule is CB(O)N1CCC[C@@H](C(=O)Nc2ccccc2)C1.CB(O)N1CCC[C@@H](C(=O)O)C1. The standard InChI is InChI=1S/C13H19BN2O2.C7H14BNO3/c1-14(18)16-9-5-6-11(10-16)13(17)15-12-7-3-2-4-8-12;1-8(12)9-4-2-3-6(5-9)7(10)11/h2-4,7-8,11,18H,5-6,9-10H2,1H3,(H,15,17);6,12H,2-5H2,1H3,(H,10,11)/t11-;6-/m11/s1. The number of nitrogens with zero attached hydrogens (tertiary/aromatic N) is 2. The summed E-state index contributed by atoms with van der Waals surface area (Å²) >= 11 is 0. The van der Waals surface area contributed by atoms with Gasteiger partial charge in [-0.05, 0) is 64.6 Å². The van der Waals surface area contributed by atoms with Gasteiger partial charge in [0, 0.05) is 18.8 Å². The topological polar surface area (TPSA) is 113 Å². The van der Waals surface area contributed by atoms with Crippen molar-refractivity contribution in [3.05, 3.63) is 30.3 Å². The number of carboxylic acids is 1. The molecular formula is C20H33B2N3O5. The number of hydrogen-bond donors (Lipinski definition) is 4. The largest absolute Gasteiger partial charge is 0.481 e. The van der Waals surface area contributed by atoms with Crippen LogP contribution in [0.3, 0.4) is 0 Å². The molecule has 0 saturated carbocycles. The van der Waals surface area contributed by atoms with Crippen LogP contribution in [-0.4, -0.2) is 76.9 Å². The number of piperidine rings is 2. The lowest BCUT2D eigenvalue weighted by molar-refractivity contribution is -0.143. The fourth-order valence-corrected chi connectivity index (χ4v) is 3.87. The normalized spacial score (nSPS) is 22.4. The average molecular weight is 417 g/mol. The quantitative estimate of drug-likeness (QED) is 0.535. The Balaban J connectivity index is 0.000000232. The number of anilines is 1. The van der Waals surface area contributed by atoms with E-state index in [1.807, 2.05) is 35.1 Å². The minimum Gasteiger partial charge on any atom is -0.481 e. The second kappa shape index (κ2) is 12.1. The van der Waals surface area contributed by atoms with Crippen molar-refractivity contribution in [1.82, 2.24) is 9.62 Å². The predicted molar refractivity (Wildman–Crippen MR) is 119 cm³/mol. The van der Waals surface area contributed by atoms with E-state index in [-0.39, 0.29) is 17.7 Å². The van der Waals surface area contributed by atoms with Gasteiger partial charge < -0.3 is 30.1 Å². The van der Waals surface area contributed by atoms with Crippen LogP contribution < -0.4 is 5.32 Å². The number of rotatable bonds is 5. The molecule has 0 aliphatic carbocycles. The summed E-state index contributed by atoms with van der Waals surface area (Å²) in [5.74, 6) is -1.03. The lowest BCUT2D eigenvalue weighted by Gasteiger charge is -2.32. The Kier molecular flexibility index (Phi) is 9.84. The summed E-state index contributed by atoms with van der Waals surface area (Å²) in [5.41, 5.74) is 0.830. The summed E-state index contributed by atoms with van der Waals surface area (Å²) in [7, 11) is -0.996. The zero-order valence-corrected chi connectivity index (χ0v) is 17.9. The summed E-state index contributed by atoms with van der Waals surface area (Å²) in [6, 6.07) is 9.49. The molecule has 0 unspecified atom stereocenters. The van der Waals surface area contributed by atoms with E-state index in [1.165, 1.54) is 0 Å². The van der Waals surface area contributed by atoms with Crippen molar-refractivity contribution in [3.63, 3.8) is 0 Å². The maximum atomic E-state index is 12.1. The molecule has 2 aliphatic heterocycles. The minimum atomic E-state index is -0.750. The van der Waals surface area contributed by atoms with E-state index in [1.54, 1.807) is 18.5 Å². The molecule has 0 radical (unpaired) electrons. The van der Waals surface area contributed by atoms with E-state index in [0.717, 1.165) is 44.5 Å². The molecule has 10 heteroatoms. The van der Waals surface area contributed by atoms with Gasteiger partial charge in [0.2, 0.25) is 5.91 Å². The molecule has 1 amide bonds. The van der Waals surface area contributed by atoms with E-state index in [2.05, 4.69) is 5.32 Å². The van der Waals surface area contributed by atoms with Gasteiger partial charge in [0.1, 0.15) is 0 Å². The smallest absolute Gasteiger partial charge is 0.376 e. The minimum absolute atomic E-state index is 0.0337. The van der Waals surface area contributed by atoms with E-state index in [9.17, 15) is 19.6 Å². The average Bonchev–Trinajstić information content (AvgIpc) is 2.75. The number of benzene rings is 1. The number of aliphatic carboxylic acids is 1. The van der Waals surface area contributed by atoms with E-state index >= 15 is 0 Å².